The largest absolute Gasteiger partial charge is 0.463 e. The summed E-state index contributed by atoms with van der Waals surface area (Å²) in [6.07, 6.45) is 12.8. The second-order valence-corrected chi connectivity index (χ2v) is 7.27. The van der Waals surface area contributed by atoms with Crippen molar-refractivity contribution in [2.45, 2.75) is 0 Å². The minimum atomic E-state index is 0. The molecule has 0 aliphatic rings. The van der Waals surface area contributed by atoms with E-state index >= 15 is 0 Å². The molecule has 30 heteroatoms. The van der Waals surface area contributed by atoms with Gasteiger partial charge in [-0.25, -0.2) is 47.1 Å². The third-order valence-electron chi connectivity index (χ3n) is 3.87. The van der Waals surface area contributed by atoms with Gasteiger partial charge < -0.3 is 34.8 Å². The van der Waals surface area contributed by atoms with Crippen LogP contribution in [-0.2, 0) is 199 Å². The van der Waals surface area contributed by atoms with Crippen LogP contribution >= 0.6 is 0 Å². The van der Waals surface area contributed by atoms with Crippen molar-refractivity contribution in [3.05, 3.63) is 31.4 Å². The average Bonchev–Trinajstić information content (AvgIpc) is 3.85. The van der Waals surface area contributed by atoms with Gasteiger partial charge in [-0.1, -0.05) is 0 Å². The van der Waals surface area contributed by atoms with Crippen molar-refractivity contribution < 1.29 is 168 Å². The van der Waals surface area contributed by atoms with E-state index in [1.165, 1.54) is 18.8 Å². The fourth-order valence-corrected chi connectivity index (χ4v) is 2.18. The monoisotopic (exact) mass is 1070 g/mol. The molecule has 25 nitrogen and oxygen atoms in total. The van der Waals surface area contributed by atoms with E-state index in [4.69, 9.17) is 0 Å². The Morgan fingerprint density at radius 3 is 1.68 bits per heavy atom. The number of nitrogens with one attached hydrogen (secondary N) is 1. The molecule has 0 aliphatic heterocycles. The van der Waals surface area contributed by atoms with Gasteiger partial charge in [-0.05, 0) is 37.9 Å². The van der Waals surface area contributed by atoms with Gasteiger partial charge in [-0.15, -0.1) is 5.21 Å². The standard InChI is InChI=1S/5C4H6N5.5Y/c1-5-7-4-8-6-3-9(4)2;1-5-7-4-6-3-9(2)8-4;1-5-8-4-6-3-7-9(4)2;1-5-6-4-3-9(2)8-7-4;1-5-7-4-3-6-9(2)8-4;;;;;/h5*1-2H3;;;;;/q5*-1;;;;;/p+1. The van der Waals surface area contributed by atoms with Gasteiger partial charge in [0.05, 0.1) is 5.82 Å². The minimum Gasteiger partial charge on any atom is -0.463 e. The Bertz CT molecular complexity index is 1480. The molecule has 1 N–H and O–H groups in total. The number of rotatable bonds is 5. The fraction of sp³-hybridized carbons (Fsp3) is 0.500. The van der Waals surface area contributed by atoms with Gasteiger partial charge in [0.25, 0.3) is 0 Å². The summed E-state index contributed by atoms with van der Waals surface area (Å²) in [6.45, 7) is 0. The van der Waals surface area contributed by atoms with Crippen LogP contribution in [0.2, 0.25) is 0 Å². The van der Waals surface area contributed by atoms with Crippen LogP contribution in [0, 0.1) is 31.4 Å². The maximum Gasteiger partial charge on any atom is 0.187 e. The second-order valence-electron chi connectivity index (χ2n) is 7.27. The fourth-order valence-electron chi connectivity index (χ4n) is 2.18. The SMILES string of the molecule is CN=Nc1[c-]n(C)nn1.CN=Nc1[c-]n[n+](C)[nH]1.CN=Nc1n[c-]n(C)n1.CN=Nc1n[c-]nn1C.CN=Nc1nn[c-]n1C.[Y].[Y].[Y].[Y].[Y]. The molecule has 5 heterocycles. The first kappa shape index (κ1) is 58.5. The second kappa shape index (κ2) is 36.6. The quantitative estimate of drug-likeness (QED) is 0.149. The number of hydrogen-bond acceptors (Lipinski definition) is 19. The Labute approximate surface area is 414 Å². The molecule has 0 unspecified atom stereocenters. The van der Waals surface area contributed by atoms with Crippen LogP contribution in [0.5, 0.6) is 0 Å². The van der Waals surface area contributed by atoms with Gasteiger partial charge in [-0.2, -0.15) is 35.8 Å². The van der Waals surface area contributed by atoms with Crippen LogP contribution in [-0.4, -0.2) is 105 Å². The number of aromatic nitrogens is 15. The summed E-state index contributed by atoms with van der Waals surface area (Å²) in [6, 6.07) is 0. The number of nitrogens with zero attached hydrogens (tertiary/aromatic N) is 24. The molecule has 0 saturated heterocycles. The molecule has 255 valence electrons. The van der Waals surface area contributed by atoms with E-state index < -0.39 is 0 Å². The molecule has 50 heavy (non-hydrogen) atoms. The van der Waals surface area contributed by atoms with Crippen LogP contribution in [0.3, 0.4) is 0 Å². The van der Waals surface area contributed by atoms with E-state index in [0.29, 0.717) is 29.5 Å². The Morgan fingerprint density at radius 1 is 0.680 bits per heavy atom. The molecule has 5 aromatic rings. The van der Waals surface area contributed by atoms with E-state index in [1.807, 2.05) is 0 Å². The van der Waals surface area contributed by atoms with Crippen molar-refractivity contribution >= 4 is 29.5 Å². The van der Waals surface area contributed by atoms with Crippen LogP contribution in [0.4, 0.5) is 29.5 Å². The maximum atomic E-state index is 3.79. The van der Waals surface area contributed by atoms with Gasteiger partial charge >= 0.3 is 0 Å². The molecular formula is C20H31N25Y5-4. The molecular weight excluding hydrogens is 1030 g/mol. The van der Waals surface area contributed by atoms with E-state index in [0.717, 1.165) is 0 Å². The van der Waals surface area contributed by atoms with E-state index in [9.17, 15) is 0 Å². The van der Waals surface area contributed by atoms with Crippen molar-refractivity contribution in [3.63, 3.8) is 0 Å². The van der Waals surface area contributed by atoms with Crippen LogP contribution in [0.25, 0.3) is 0 Å². The normalized spacial score (nSPS) is 9.80. The summed E-state index contributed by atoms with van der Waals surface area (Å²) in [5.74, 6) is 2.25. The molecule has 5 aromatic heterocycles. The Kier molecular flexibility index (Phi) is 42.8. The maximum absolute atomic E-state index is 3.79. The number of H-pyrrole nitrogens is 1. The van der Waals surface area contributed by atoms with Crippen LogP contribution in [0.15, 0.2) is 51.1 Å². The predicted octanol–water partition coefficient (Wildman–Crippen LogP) is 1.05. The third kappa shape index (κ3) is 26.9. The molecule has 0 atom stereocenters. The topological polar surface area (TPSA) is 279 Å². The summed E-state index contributed by atoms with van der Waals surface area (Å²) in [5, 5.41) is 63.9. The molecule has 0 saturated carbocycles. The number of aromatic amines is 1. The third-order valence-corrected chi connectivity index (χ3v) is 3.87. The zero-order valence-corrected chi connectivity index (χ0v) is 43.3. The molecule has 0 fully saturated rings. The average molecular weight is 1070 g/mol. The van der Waals surface area contributed by atoms with Crippen molar-refractivity contribution in [2.75, 3.05) is 35.2 Å². The van der Waals surface area contributed by atoms with Gasteiger partial charge in [-0.3, -0.25) is 10.2 Å². The van der Waals surface area contributed by atoms with Crippen molar-refractivity contribution in [1.82, 2.24) is 69.5 Å². The van der Waals surface area contributed by atoms with Crippen molar-refractivity contribution in [1.29, 1.82) is 0 Å². The minimum absolute atomic E-state index is 0. The number of aryl methyl sites for hydroxylation is 5. The van der Waals surface area contributed by atoms with Gasteiger partial charge in [0.1, 0.15) is 17.8 Å². The van der Waals surface area contributed by atoms with Crippen molar-refractivity contribution in [2.24, 2.45) is 86.4 Å². The Balaban J connectivity index is -0.000000165. The first-order valence-electron chi connectivity index (χ1n) is 12.1. The number of azo groups is 5. The summed E-state index contributed by atoms with van der Waals surface area (Å²) in [7, 11) is 16.6. The predicted molar refractivity (Wildman–Crippen MR) is 150 cm³/mol. The van der Waals surface area contributed by atoms with Gasteiger partial charge in [0, 0.05) is 219 Å². The molecule has 0 bridgehead atoms. The Hall–Kier alpha value is -0.781. The molecule has 0 aliphatic carbocycles. The van der Waals surface area contributed by atoms with Crippen molar-refractivity contribution in [3.8, 4) is 0 Å². The summed E-state index contributed by atoms with van der Waals surface area (Å²) in [4.78, 5) is 8.85. The van der Waals surface area contributed by atoms with Gasteiger partial charge in [0.2, 0.25) is 0 Å². The van der Waals surface area contributed by atoms with Crippen LogP contribution < -0.4 is 4.80 Å². The molecule has 0 aromatic carbocycles. The zero-order chi connectivity index (χ0) is 33.5. The molecule has 0 amide bonds. The van der Waals surface area contributed by atoms with Gasteiger partial charge in [0.15, 0.2) is 7.05 Å². The van der Waals surface area contributed by atoms with E-state index in [2.05, 4.69) is 133 Å². The van der Waals surface area contributed by atoms with E-state index in [1.54, 1.807) is 75.0 Å². The first-order chi connectivity index (χ1) is 21.7. The smallest absolute Gasteiger partial charge is 0.187 e. The zero-order valence-electron chi connectivity index (χ0n) is 29.1. The summed E-state index contributed by atoms with van der Waals surface area (Å²) in [5.41, 5.74) is 0. The van der Waals surface area contributed by atoms with E-state index in [-0.39, 0.29) is 164 Å². The summed E-state index contributed by atoms with van der Waals surface area (Å²) >= 11 is 0. The first-order valence-corrected chi connectivity index (χ1v) is 12.1. The Morgan fingerprint density at radius 2 is 1.28 bits per heavy atom. The molecule has 5 radical (unpaired) electrons. The molecule has 5 rings (SSSR count). The summed E-state index contributed by atoms with van der Waals surface area (Å²) < 4.78 is 5.95. The molecule has 0 spiro atoms. The number of hydrogen-bond donors (Lipinski definition) is 1. The van der Waals surface area contributed by atoms with Crippen LogP contribution in [0.1, 0.15) is 0 Å².